The van der Waals surface area contributed by atoms with Crippen LogP contribution in [0, 0.1) is 5.92 Å². The molecule has 0 aliphatic rings. The lowest BCUT2D eigenvalue weighted by atomic mass is 10.1. The van der Waals surface area contributed by atoms with Crippen molar-refractivity contribution in [2.24, 2.45) is 11.7 Å². The van der Waals surface area contributed by atoms with Crippen molar-refractivity contribution in [3.8, 4) is 0 Å². The number of hydroxylamine groups is 1. The van der Waals surface area contributed by atoms with Gasteiger partial charge in [-0.05, 0) is 12.8 Å². The van der Waals surface area contributed by atoms with Crippen LogP contribution in [-0.4, -0.2) is 24.6 Å². The van der Waals surface area contributed by atoms with E-state index in [4.69, 9.17) is 5.73 Å². The summed E-state index contributed by atoms with van der Waals surface area (Å²) >= 11 is 0. The molecule has 14 heavy (non-hydrogen) atoms. The summed E-state index contributed by atoms with van der Waals surface area (Å²) in [6.45, 7) is 5.81. The van der Waals surface area contributed by atoms with Crippen molar-refractivity contribution >= 4 is 12.0 Å². The number of amides is 2. The summed E-state index contributed by atoms with van der Waals surface area (Å²) < 4.78 is 0. The molecule has 1 atom stereocenters. The van der Waals surface area contributed by atoms with E-state index in [1.54, 1.807) is 20.8 Å². The molecule has 0 aromatic heterocycles. The maximum absolute atomic E-state index is 10.9. The molecule has 0 spiro atoms. The Morgan fingerprint density at radius 2 is 2.00 bits per heavy atom. The third-order valence-corrected chi connectivity index (χ3v) is 1.57. The maximum Gasteiger partial charge on any atom is 0.426 e. The molecule has 0 aromatic rings. The van der Waals surface area contributed by atoms with E-state index in [-0.39, 0.29) is 5.92 Å². The summed E-state index contributed by atoms with van der Waals surface area (Å²) in [5.41, 5.74) is 7.40. The summed E-state index contributed by atoms with van der Waals surface area (Å²) in [4.78, 5) is 26.3. The number of carbonyl (C=O) groups is 2. The fourth-order valence-corrected chi connectivity index (χ4v) is 0.820. The minimum absolute atomic E-state index is 0.0399. The highest BCUT2D eigenvalue weighted by atomic mass is 16.7. The average Bonchev–Trinajstić information content (AvgIpc) is 2.03. The molecule has 6 heteroatoms. The average molecular weight is 203 g/mol. The van der Waals surface area contributed by atoms with Gasteiger partial charge in [-0.1, -0.05) is 13.8 Å². The van der Waals surface area contributed by atoms with Crippen LogP contribution in [-0.2, 0) is 9.63 Å². The first-order valence-corrected chi connectivity index (χ1v) is 4.48. The lowest BCUT2D eigenvalue weighted by Crippen LogP contribution is -2.47. The van der Waals surface area contributed by atoms with Gasteiger partial charge in [0.15, 0.2) is 0 Å². The van der Waals surface area contributed by atoms with Crippen LogP contribution in [0.25, 0.3) is 0 Å². The molecule has 4 N–H and O–H groups in total. The van der Waals surface area contributed by atoms with Gasteiger partial charge in [-0.2, -0.15) is 0 Å². The standard InChI is InChI=1S/C8H17N3O3/c1-4-10-8(13)14-11-6(5(2)3)7(9)12/h5-6,11H,4H2,1-3H3,(H2,9,12)(H,10,13)/t6-/m0/s1. The lowest BCUT2D eigenvalue weighted by molar-refractivity contribution is -0.123. The highest BCUT2D eigenvalue weighted by Gasteiger charge is 2.20. The minimum atomic E-state index is -0.669. The molecular formula is C8H17N3O3. The van der Waals surface area contributed by atoms with Gasteiger partial charge in [0, 0.05) is 6.54 Å². The third-order valence-electron chi connectivity index (χ3n) is 1.57. The van der Waals surface area contributed by atoms with Gasteiger partial charge in [-0.25, -0.2) is 4.79 Å². The molecule has 0 radical (unpaired) electrons. The number of hydrogen-bond acceptors (Lipinski definition) is 4. The highest BCUT2D eigenvalue weighted by molar-refractivity contribution is 5.80. The Bertz CT molecular complexity index is 206. The van der Waals surface area contributed by atoms with Crippen LogP contribution >= 0.6 is 0 Å². The van der Waals surface area contributed by atoms with E-state index in [9.17, 15) is 9.59 Å². The molecular weight excluding hydrogens is 186 g/mol. The van der Waals surface area contributed by atoms with Crippen molar-refractivity contribution in [3.63, 3.8) is 0 Å². The van der Waals surface area contributed by atoms with Gasteiger partial charge in [0.2, 0.25) is 5.91 Å². The Balaban J connectivity index is 3.94. The molecule has 2 amide bonds. The molecule has 0 heterocycles. The Morgan fingerprint density at radius 1 is 1.43 bits per heavy atom. The van der Waals surface area contributed by atoms with Gasteiger partial charge in [-0.15, -0.1) is 5.48 Å². The molecule has 0 aromatic carbocycles. The molecule has 0 aliphatic carbocycles. The van der Waals surface area contributed by atoms with Crippen molar-refractivity contribution in [1.82, 2.24) is 10.8 Å². The molecule has 0 fully saturated rings. The second kappa shape index (κ2) is 6.20. The van der Waals surface area contributed by atoms with Crippen LogP contribution in [0.2, 0.25) is 0 Å². The SMILES string of the molecule is CCNC(=O)ON[C@H](C(N)=O)C(C)C. The quantitative estimate of drug-likeness (QED) is 0.537. The second-order valence-electron chi connectivity index (χ2n) is 3.16. The Hall–Kier alpha value is -1.30. The van der Waals surface area contributed by atoms with Crippen LogP contribution in [0.4, 0.5) is 4.79 Å². The topological polar surface area (TPSA) is 93.4 Å². The summed E-state index contributed by atoms with van der Waals surface area (Å²) in [5, 5.41) is 2.40. The molecule has 0 bridgehead atoms. The fraction of sp³-hybridized carbons (Fsp3) is 0.750. The first-order chi connectivity index (χ1) is 6.49. The Kier molecular flexibility index (Phi) is 5.62. The number of hydrogen-bond donors (Lipinski definition) is 3. The van der Waals surface area contributed by atoms with Crippen molar-refractivity contribution in [1.29, 1.82) is 0 Å². The maximum atomic E-state index is 10.9. The molecule has 6 nitrogen and oxygen atoms in total. The second-order valence-corrected chi connectivity index (χ2v) is 3.16. The molecule has 82 valence electrons. The molecule has 0 unspecified atom stereocenters. The van der Waals surface area contributed by atoms with Gasteiger partial charge in [0.1, 0.15) is 6.04 Å². The molecule has 0 rings (SSSR count). The van der Waals surface area contributed by atoms with E-state index in [0.29, 0.717) is 6.54 Å². The van der Waals surface area contributed by atoms with Crippen LogP contribution < -0.4 is 16.5 Å². The smallest absolute Gasteiger partial charge is 0.368 e. The zero-order valence-corrected chi connectivity index (χ0v) is 8.66. The zero-order valence-electron chi connectivity index (χ0n) is 8.66. The van der Waals surface area contributed by atoms with E-state index in [2.05, 4.69) is 15.6 Å². The van der Waals surface area contributed by atoms with E-state index in [1.165, 1.54) is 0 Å². The number of nitrogens with two attached hydrogens (primary N) is 1. The zero-order chi connectivity index (χ0) is 11.1. The van der Waals surface area contributed by atoms with Crippen LogP contribution in [0.15, 0.2) is 0 Å². The van der Waals surface area contributed by atoms with E-state index in [1.807, 2.05) is 0 Å². The predicted octanol–water partition coefficient (Wildman–Crippen LogP) is -0.253. The van der Waals surface area contributed by atoms with Gasteiger partial charge >= 0.3 is 6.09 Å². The predicted molar refractivity (Wildman–Crippen MR) is 51.1 cm³/mol. The number of rotatable bonds is 5. The van der Waals surface area contributed by atoms with Gasteiger partial charge in [0.05, 0.1) is 0 Å². The first kappa shape index (κ1) is 12.7. The minimum Gasteiger partial charge on any atom is -0.368 e. The van der Waals surface area contributed by atoms with Crippen LogP contribution in [0.3, 0.4) is 0 Å². The summed E-state index contributed by atoms with van der Waals surface area (Å²) in [5.74, 6) is -0.591. The molecule has 0 saturated heterocycles. The van der Waals surface area contributed by atoms with Gasteiger partial charge in [-0.3, -0.25) is 4.79 Å². The monoisotopic (exact) mass is 203 g/mol. The van der Waals surface area contributed by atoms with Gasteiger partial charge in [0.25, 0.3) is 0 Å². The largest absolute Gasteiger partial charge is 0.426 e. The van der Waals surface area contributed by atoms with Crippen LogP contribution in [0.1, 0.15) is 20.8 Å². The fourth-order valence-electron chi connectivity index (χ4n) is 0.820. The number of primary amides is 1. The van der Waals surface area contributed by atoms with Crippen molar-refractivity contribution in [3.05, 3.63) is 0 Å². The summed E-state index contributed by atoms with van der Waals surface area (Å²) in [6, 6.07) is -0.669. The third kappa shape index (κ3) is 4.66. The normalized spacial score (nSPS) is 12.3. The van der Waals surface area contributed by atoms with Crippen molar-refractivity contribution in [2.45, 2.75) is 26.8 Å². The van der Waals surface area contributed by atoms with E-state index >= 15 is 0 Å². The molecule has 0 saturated carbocycles. The van der Waals surface area contributed by atoms with E-state index in [0.717, 1.165) is 0 Å². The Morgan fingerprint density at radius 3 is 2.36 bits per heavy atom. The Labute approximate surface area is 83.1 Å². The van der Waals surface area contributed by atoms with E-state index < -0.39 is 18.0 Å². The molecule has 0 aliphatic heterocycles. The summed E-state index contributed by atoms with van der Waals surface area (Å²) in [6.07, 6.45) is -0.626. The van der Waals surface area contributed by atoms with Gasteiger partial charge < -0.3 is 15.9 Å². The number of nitrogens with one attached hydrogen (secondary N) is 2. The highest BCUT2D eigenvalue weighted by Crippen LogP contribution is 2.00. The number of carbonyl (C=O) groups excluding carboxylic acids is 2. The van der Waals surface area contributed by atoms with Crippen molar-refractivity contribution in [2.75, 3.05) is 6.54 Å². The first-order valence-electron chi connectivity index (χ1n) is 4.48. The van der Waals surface area contributed by atoms with Crippen LogP contribution in [0.5, 0.6) is 0 Å². The lowest BCUT2D eigenvalue weighted by Gasteiger charge is -2.17. The summed E-state index contributed by atoms with van der Waals surface area (Å²) in [7, 11) is 0. The van der Waals surface area contributed by atoms with Crippen molar-refractivity contribution < 1.29 is 14.4 Å².